The molecule has 49 heavy (non-hydrogen) atoms. The molecule has 3 atom stereocenters. The highest BCUT2D eigenvalue weighted by Crippen LogP contribution is 2.50. The Kier molecular flexibility index (Phi) is 8.25. The van der Waals surface area contributed by atoms with E-state index in [4.69, 9.17) is 4.74 Å². The average Bonchev–Trinajstić information content (AvgIpc) is 3.35. The first-order valence-corrected chi connectivity index (χ1v) is 17.1. The van der Waals surface area contributed by atoms with Crippen molar-refractivity contribution in [1.29, 1.82) is 0 Å². The monoisotopic (exact) mass is 712 g/mol. The van der Waals surface area contributed by atoms with E-state index in [-0.39, 0.29) is 86.3 Å². The van der Waals surface area contributed by atoms with E-state index < -0.39 is 34.2 Å². The molecule has 5 aromatic rings. The number of nitrogens with zero attached hydrogens (tertiary/aromatic N) is 5. The second kappa shape index (κ2) is 12.3. The van der Waals surface area contributed by atoms with Crippen molar-refractivity contribution in [1.82, 2.24) is 24.4 Å². The van der Waals surface area contributed by atoms with E-state index in [1.165, 1.54) is 29.1 Å². The molecule has 2 aromatic carbocycles. The normalized spacial score (nSPS) is 19.7. The zero-order valence-corrected chi connectivity index (χ0v) is 27.7. The van der Waals surface area contributed by atoms with Gasteiger partial charge in [-0.15, -0.1) is 11.8 Å². The molecule has 1 saturated heterocycles. The van der Waals surface area contributed by atoms with Gasteiger partial charge in [0.1, 0.15) is 23.5 Å². The maximum absolute atomic E-state index is 15.3. The van der Waals surface area contributed by atoms with Gasteiger partial charge in [0.05, 0.1) is 27.8 Å². The fourth-order valence-corrected chi connectivity index (χ4v) is 8.81. The van der Waals surface area contributed by atoms with Gasteiger partial charge < -0.3 is 19.5 Å². The summed E-state index contributed by atoms with van der Waals surface area (Å²) in [6, 6.07) is 5.75. The number of thioether (sulfide) groups is 1. The minimum atomic E-state index is -4.91. The van der Waals surface area contributed by atoms with Crippen LogP contribution in [-0.2, 0) is 17.5 Å². The number of alkyl halides is 3. The van der Waals surface area contributed by atoms with Crippen molar-refractivity contribution in [2.45, 2.75) is 49.7 Å². The van der Waals surface area contributed by atoms with E-state index in [1.807, 2.05) is 13.8 Å². The van der Waals surface area contributed by atoms with Crippen LogP contribution in [0.1, 0.15) is 19.4 Å². The first-order valence-electron chi connectivity index (χ1n) is 15.2. The fraction of sp³-hybridized carbons (Fsp3) is 0.303. The molecule has 5 heterocycles. The number of halogens is 4. The average molecular weight is 713 g/mol. The number of anilines is 1. The topological polar surface area (TPSA) is 113 Å². The lowest BCUT2D eigenvalue weighted by atomic mass is 9.95. The third-order valence-electron chi connectivity index (χ3n) is 8.70. The highest BCUT2D eigenvalue weighted by atomic mass is 32.2. The van der Waals surface area contributed by atoms with E-state index in [2.05, 4.69) is 21.5 Å². The minimum Gasteiger partial charge on any atom is -0.488 e. The Hall–Kier alpha value is -4.70. The van der Waals surface area contributed by atoms with Crippen molar-refractivity contribution in [2.24, 2.45) is 0 Å². The van der Waals surface area contributed by atoms with Crippen LogP contribution in [0.25, 0.3) is 32.2 Å². The quantitative estimate of drug-likeness (QED) is 0.183. The minimum absolute atomic E-state index is 0.0295. The molecule has 16 heteroatoms. The maximum atomic E-state index is 15.3. The number of thiazole rings is 1. The molecule has 1 unspecified atom stereocenters. The molecule has 2 aliphatic rings. The number of aromatic nitrogens is 4. The number of hydrogen-bond acceptors (Lipinski definition) is 9. The summed E-state index contributed by atoms with van der Waals surface area (Å²) in [6.07, 6.45) is -1.30. The largest absolute Gasteiger partial charge is 0.488 e. The van der Waals surface area contributed by atoms with Crippen LogP contribution in [-0.4, -0.2) is 67.4 Å². The van der Waals surface area contributed by atoms with Gasteiger partial charge in [0.25, 0.3) is 0 Å². The van der Waals surface area contributed by atoms with Crippen molar-refractivity contribution in [3.63, 3.8) is 0 Å². The Morgan fingerprint density at radius 3 is 2.49 bits per heavy atom. The molecular formula is C33H28F4N6O4S2. The van der Waals surface area contributed by atoms with Crippen LogP contribution in [0.3, 0.4) is 0 Å². The predicted molar refractivity (Wildman–Crippen MR) is 180 cm³/mol. The molecule has 10 nitrogen and oxygen atoms in total. The number of benzene rings is 2. The fourth-order valence-electron chi connectivity index (χ4n) is 6.79. The number of fused-ring (bicyclic) bond motifs is 1. The predicted octanol–water partition coefficient (Wildman–Crippen LogP) is 5.68. The third kappa shape index (κ3) is 5.75. The number of ether oxygens (including phenoxy) is 1. The van der Waals surface area contributed by atoms with Gasteiger partial charge in [-0.2, -0.15) is 18.2 Å². The number of rotatable bonds is 5. The second-order valence-corrected chi connectivity index (χ2v) is 14.0. The van der Waals surface area contributed by atoms with E-state index in [9.17, 15) is 18.8 Å². The molecule has 0 bridgehead atoms. The molecule has 0 radical (unpaired) electrons. The van der Waals surface area contributed by atoms with Gasteiger partial charge in [-0.3, -0.25) is 19.1 Å². The van der Waals surface area contributed by atoms with Crippen LogP contribution in [0.4, 0.5) is 23.4 Å². The van der Waals surface area contributed by atoms with Crippen LogP contribution in [0.15, 0.2) is 69.9 Å². The number of carbonyl (C=O) groups excluding carboxylic acids is 1. The zero-order valence-electron chi connectivity index (χ0n) is 26.1. The number of piperazine rings is 1. The Balaban J connectivity index is 1.51. The highest BCUT2D eigenvalue weighted by Gasteiger charge is 2.40. The molecule has 3 aromatic heterocycles. The molecule has 254 valence electrons. The summed E-state index contributed by atoms with van der Waals surface area (Å²) >= 11 is 1.64. The second-order valence-electron chi connectivity index (χ2n) is 12.0. The van der Waals surface area contributed by atoms with E-state index in [0.29, 0.717) is 17.1 Å². The van der Waals surface area contributed by atoms with Gasteiger partial charge in [-0.25, -0.2) is 9.18 Å². The van der Waals surface area contributed by atoms with Crippen molar-refractivity contribution in [2.75, 3.05) is 23.7 Å². The maximum Gasteiger partial charge on any atom is 0.417 e. The Morgan fingerprint density at radius 2 is 1.82 bits per heavy atom. The zero-order chi connectivity index (χ0) is 34.8. The van der Waals surface area contributed by atoms with Gasteiger partial charge in [0.15, 0.2) is 0 Å². The molecule has 0 saturated carbocycles. The van der Waals surface area contributed by atoms with Gasteiger partial charge in [0.2, 0.25) is 5.91 Å². The first kappa shape index (κ1) is 32.8. The molecule has 1 fully saturated rings. The number of nitrogens with one attached hydrogen (secondary N) is 1. The van der Waals surface area contributed by atoms with Crippen molar-refractivity contribution < 1.29 is 27.1 Å². The van der Waals surface area contributed by atoms with E-state index >= 15 is 13.2 Å². The lowest BCUT2D eigenvalue weighted by Crippen LogP contribution is -2.58. The van der Waals surface area contributed by atoms with Crippen LogP contribution in [0.5, 0.6) is 5.75 Å². The van der Waals surface area contributed by atoms with Crippen LogP contribution < -0.4 is 20.2 Å². The number of aromatic amines is 1. The van der Waals surface area contributed by atoms with Gasteiger partial charge in [0, 0.05) is 64.7 Å². The summed E-state index contributed by atoms with van der Waals surface area (Å²) in [5.41, 5.74) is -1.91. The number of hydrogen-bond donors (Lipinski definition) is 1. The van der Waals surface area contributed by atoms with Crippen LogP contribution in [0, 0.1) is 5.82 Å². The SMILES string of the molecule is C=CC(=O)N1[C@H](C)CN(c2nc(=O)n3c4c(c(-c5ccc(F)c6sc(=O)[nH]c56)c(C(F)(F)F)cc24)SCC(Oc2ccncc2)C3)C[C@@H]1C. The summed E-state index contributed by atoms with van der Waals surface area (Å²) in [4.78, 5) is 52.7. The molecule has 2 aliphatic heterocycles. The smallest absolute Gasteiger partial charge is 0.417 e. The lowest BCUT2D eigenvalue weighted by Gasteiger charge is -2.44. The molecule has 1 N–H and O–H groups in total. The number of amides is 1. The highest BCUT2D eigenvalue weighted by molar-refractivity contribution is 7.99. The Labute approximate surface area is 284 Å². The van der Waals surface area contributed by atoms with E-state index in [1.54, 1.807) is 21.9 Å². The lowest BCUT2D eigenvalue weighted by molar-refractivity contribution is -0.137. The number of pyridine rings is 1. The molecule has 1 amide bonds. The molecular weight excluding hydrogens is 685 g/mol. The van der Waals surface area contributed by atoms with Gasteiger partial charge in [-0.1, -0.05) is 17.9 Å². The molecule has 7 rings (SSSR count). The summed E-state index contributed by atoms with van der Waals surface area (Å²) in [5.74, 6) is -0.368. The molecule has 0 spiro atoms. The number of H-pyrrole nitrogens is 1. The number of carbonyl (C=O) groups is 1. The molecule has 0 aliphatic carbocycles. The van der Waals surface area contributed by atoms with E-state index in [0.717, 1.165) is 23.9 Å². The standard InChI is InChI=1S/C33H28F4N6O4S2/c1-4-24(44)43-16(2)12-41(13-17(43)3)30-21-11-22(33(35,36)37)25(20-5-6-23(34)28-26(20)39-32(46)49-28)29-27(21)42(31(45)40-30)14-19(15-48-29)47-18-7-9-38-10-8-18/h4-11,16-17,19H,1,12-15H2,2-3H3,(H,39,46)/t16-,17+,19?. The third-order valence-corrected chi connectivity index (χ3v) is 10.8. The summed E-state index contributed by atoms with van der Waals surface area (Å²) in [5, 5.41) is 0.0859. The van der Waals surface area contributed by atoms with Crippen molar-refractivity contribution in [3.8, 4) is 16.9 Å². The summed E-state index contributed by atoms with van der Waals surface area (Å²) < 4.78 is 68.0. The first-order chi connectivity index (χ1) is 23.3. The van der Waals surface area contributed by atoms with Gasteiger partial charge >= 0.3 is 16.7 Å². The van der Waals surface area contributed by atoms with Crippen molar-refractivity contribution >= 4 is 55.9 Å². The van der Waals surface area contributed by atoms with Crippen LogP contribution >= 0.6 is 23.1 Å². The van der Waals surface area contributed by atoms with Gasteiger partial charge in [-0.05, 0) is 50.3 Å². The Bertz CT molecular complexity index is 2240. The summed E-state index contributed by atoms with van der Waals surface area (Å²) in [7, 11) is 0. The Morgan fingerprint density at radius 1 is 1.10 bits per heavy atom. The summed E-state index contributed by atoms with van der Waals surface area (Å²) in [6.45, 7) is 7.57. The van der Waals surface area contributed by atoms with Crippen LogP contribution in [0.2, 0.25) is 0 Å². The van der Waals surface area contributed by atoms with Crippen molar-refractivity contribution in [3.05, 3.63) is 86.9 Å².